The molecule has 0 aliphatic carbocycles. The lowest BCUT2D eigenvalue weighted by Crippen LogP contribution is -2.23. The van der Waals surface area contributed by atoms with Gasteiger partial charge in [0, 0.05) is 6.54 Å². The lowest BCUT2D eigenvalue weighted by molar-refractivity contribution is 0.645. The highest BCUT2D eigenvalue weighted by Crippen LogP contribution is 2.32. The van der Waals surface area contributed by atoms with Gasteiger partial charge in [-0.25, -0.2) is 0 Å². The van der Waals surface area contributed by atoms with Crippen molar-refractivity contribution in [3.63, 3.8) is 0 Å². The van der Waals surface area contributed by atoms with Crippen molar-refractivity contribution in [2.75, 3.05) is 6.54 Å². The Hall–Kier alpha value is -1.02. The minimum Gasteiger partial charge on any atom is -0.312 e. The zero-order valence-corrected chi connectivity index (χ0v) is 11.4. The Bertz CT molecular complexity index is 593. The van der Waals surface area contributed by atoms with Crippen molar-refractivity contribution in [1.29, 1.82) is 0 Å². The zero-order chi connectivity index (χ0) is 12.5. The fourth-order valence-electron chi connectivity index (χ4n) is 2.47. The first-order valence-corrected chi connectivity index (χ1v) is 6.78. The Kier molecular flexibility index (Phi) is 3.29. The summed E-state index contributed by atoms with van der Waals surface area (Å²) in [4.78, 5) is 0. The van der Waals surface area contributed by atoms with E-state index in [1.54, 1.807) is 0 Å². The molecule has 0 spiro atoms. The van der Waals surface area contributed by atoms with E-state index in [9.17, 15) is 0 Å². The zero-order valence-electron chi connectivity index (χ0n) is 9.84. The Labute approximate surface area is 117 Å². The molecule has 0 bridgehead atoms. The molecule has 3 heteroatoms. The van der Waals surface area contributed by atoms with Gasteiger partial charge in [-0.1, -0.05) is 47.5 Å². The Morgan fingerprint density at radius 3 is 2.72 bits per heavy atom. The fourth-order valence-corrected chi connectivity index (χ4v) is 2.76. The third kappa shape index (κ3) is 2.14. The van der Waals surface area contributed by atoms with Crippen molar-refractivity contribution < 1.29 is 0 Å². The van der Waals surface area contributed by atoms with Gasteiger partial charge in [0.05, 0.1) is 10.0 Å². The van der Waals surface area contributed by atoms with Gasteiger partial charge in [0.2, 0.25) is 0 Å². The minimum absolute atomic E-state index is 0.604. The van der Waals surface area contributed by atoms with E-state index in [0.29, 0.717) is 10.0 Å². The van der Waals surface area contributed by atoms with Crippen LogP contribution < -0.4 is 5.32 Å². The average Bonchev–Trinajstić information content (AvgIpc) is 2.41. The normalized spacial score (nSPS) is 14.3. The van der Waals surface area contributed by atoms with E-state index in [4.69, 9.17) is 23.2 Å². The van der Waals surface area contributed by atoms with Crippen LogP contribution in [0.4, 0.5) is 0 Å². The summed E-state index contributed by atoms with van der Waals surface area (Å²) < 4.78 is 0. The largest absolute Gasteiger partial charge is 0.312 e. The van der Waals surface area contributed by atoms with Gasteiger partial charge in [0.15, 0.2) is 0 Å². The van der Waals surface area contributed by atoms with E-state index >= 15 is 0 Å². The molecule has 0 fully saturated rings. The maximum Gasteiger partial charge on any atom is 0.0598 e. The quantitative estimate of drug-likeness (QED) is 0.819. The van der Waals surface area contributed by atoms with Crippen molar-refractivity contribution in [3.05, 3.63) is 57.6 Å². The standard InChI is InChI=1S/C15H13Cl2N/c16-14-5-4-10(8-15(14)17)12-3-1-2-11-9-18-7-6-13(11)12/h1-5,8,18H,6-7,9H2. The van der Waals surface area contributed by atoms with Crippen LogP contribution in [0.2, 0.25) is 10.0 Å². The monoisotopic (exact) mass is 277 g/mol. The molecule has 1 aliphatic rings. The van der Waals surface area contributed by atoms with Crippen molar-refractivity contribution in [2.24, 2.45) is 0 Å². The molecule has 0 radical (unpaired) electrons. The average molecular weight is 278 g/mol. The molecule has 0 unspecified atom stereocenters. The van der Waals surface area contributed by atoms with E-state index in [1.807, 2.05) is 18.2 Å². The second-order valence-electron chi connectivity index (χ2n) is 4.50. The first kappa shape index (κ1) is 12.0. The molecule has 1 aliphatic heterocycles. The molecule has 2 aromatic carbocycles. The van der Waals surface area contributed by atoms with Crippen LogP contribution in [-0.2, 0) is 13.0 Å². The summed E-state index contributed by atoms with van der Waals surface area (Å²) in [7, 11) is 0. The molecule has 0 amide bonds. The van der Waals surface area contributed by atoms with Gasteiger partial charge in [-0.15, -0.1) is 0 Å². The van der Waals surface area contributed by atoms with Crippen LogP contribution in [0.25, 0.3) is 11.1 Å². The first-order valence-electron chi connectivity index (χ1n) is 6.02. The highest BCUT2D eigenvalue weighted by atomic mass is 35.5. The van der Waals surface area contributed by atoms with Crippen molar-refractivity contribution in [1.82, 2.24) is 5.32 Å². The van der Waals surface area contributed by atoms with Crippen molar-refractivity contribution in [3.8, 4) is 11.1 Å². The fraction of sp³-hybridized carbons (Fsp3) is 0.200. The predicted octanol–water partition coefficient (Wildman–Crippen LogP) is 4.31. The lowest BCUT2D eigenvalue weighted by Gasteiger charge is -2.20. The van der Waals surface area contributed by atoms with Gasteiger partial charge >= 0.3 is 0 Å². The SMILES string of the molecule is Clc1ccc(-c2cccc3c2CCNC3)cc1Cl. The second kappa shape index (κ2) is 4.93. The van der Waals surface area contributed by atoms with Crippen LogP contribution in [-0.4, -0.2) is 6.54 Å². The number of hydrogen-bond donors (Lipinski definition) is 1. The van der Waals surface area contributed by atoms with E-state index in [0.717, 1.165) is 25.1 Å². The summed E-state index contributed by atoms with van der Waals surface area (Å²) in [6, 6.07) is 12.3. The number of benzene rings is 2. The van der Waals surface area contributed by atoms with Crippen LogP contribution in [0.15, 0.2) is 36.4 Å². The van der Waals surface area contributed by atoms with Crippen LogP contribution in [0, 0.1) is 0 Å². The maximum absolute atomic E-state index is 6.10. The van der Waals surface area contributed by atoms with E-state index in [-0.39, 0.29) is 0 Å². The number of fused-ring (bicyclic) bond motifs is 1. The highest BCUT2D eigenvalue weighted by Gasteiger charge is 2.13. The molecule has 3 rings (SSSR count). The van der Waals surface area contributed by atoms with Crippen LogP contribution in [0.5, 0.6) is 0 Å². The maximum atomic E-state index is 6.10. The molecule has 18 heavy (non-hydrogen) atoms. The van der Waals surface area contributed by atoms with Gasteiger partial charge in [-0.2, -0.15) is 0 Å². The van der Waals surface area contributed by atoms with Gasteiger partial charge < -0.3 is 5.32 Å². The van der Waals surface area contributed by atoms with E-state index in [1.165, 1.54) is 16.7 Å². The molecule has 1 nitrogen and oxygen atoms in total. The molecule has 92 valence electrons. The molecule has 2 aromatic rings. The first-order chi connectivity index (χ1) is 8.75. The summed E-state index contributed by atoms with van der Waals surface area (Å²) in [6.07, 6.45) is 1.06. The summed E-state index contributed by atoms with van der Waals surface area (Å²) in [5, 5.41) is 4.61. The second-order valence-corrected chi connectivity index (χ2v) is 5.31. The third-order valence-electron chi connectivity index (χ3n) is 3.37. The van der Waals surface area contributed by atoms with Gasteiger partial charge in [-0.3, -0.25) is 0 Å². The molecule has 0 aromatic heterocycles. The Morgan fingerprint density at radius 1 is 1.00 bits per heavy atom. The molecular weight excluding hydrogens is 265 g/mol. The predicted molar refractivity (Wildman–Crippen MR) is 77.3 cm³/mol. The van der Waals surface area contributed by atoms with E-state index in [2.05, 4.69) is 23.5 Å². The van der Waals surface area contributed by atoms with Crippen molar-refractivity contribution >= 4 is 23.2 Å². The van der Waals surface area contributed by atoms with Gasteiger partial charge in [0.25, 0.3) is 0 Å². The van der Waals surface area contributed by atoms with E-state index < -0.39 is 0 Å². The third-order valence-corrected chi connectivity index (χ3v) is 4.11. The Balaban J connectivity index is 2.13. The van der Waals surface area contributed by atoms with Crippen LogP contribution >= 0.6 is 23.2 Å². The highest BCUT2D eigenvalue weighted by molar-refractivity contribution is 6.42. The van der Waals surface area contributed by atoms with Crippen LogP contribution in [0.1, 0.15) is 11.1 Å². The molecule has 0 saturated carbocycles. The van der Waals surface area contributed by atoms with Crippen molar-refractivity contribution in [2.45, 2.75) is 13.0 Å². The Morgan fingerprint density at radius 2 is 1.89 bits per heavy atom. The number of hydrogen-bond acceptors (Lipinski definition) is 1. The summed E-state index contributed by atoms with van der Waals surface area (Å²) in [6.45, 7) is 1.98. The summed E-state index contributed by atoms with van der Waals surface area (Å²) in [5.74, 6) is 0. The van der Waals surface area contributed by atoms with Crippen LogP contribution in [0.3, 0.4) is 0 Å². The summed E-state index contributed by atoms with van der Waals surface area (Å²) >= 11 is 12.1. The molecule has 1 N–H and O–H groups in total. The number of nitrogens with one attached hydrogen (secondary N) is 1. The van der Waals surface area contributed by atoms with Gasteiger partial charge in [-0.05, 0) is 47.4 Å². The molecular formula is C15H13Cl2N. The van der Waals surface area contributed by atoms with Gasteiger partial charge in [0.1, 0.15) is 0 Å². The minimum atomic E-state index is 0.604. The molecule has 1 heterocycles. The number of halogens is 2. The molecule has 0 atom stereocenters. The smallest absolute Gasteiger partial charge is 0.0598 e. The number of rotatable bonds is 1. The lowest BCUT2D eigenvalue weighted by atomic mass is 9.91. The topological polar surface area (TPSA) is 12.0 Å². The molecule has 0 saturated heterocycles. The summed E-state index contributed by atoms with van der Waals surface area (Å²) in [5.41, 5.74) is 5.22.